The number of azide groups is 1. The third-order valence-electron chi connectivity index (χ3n) is 1.62. The van der Waals surface area contributed by atoms with Crippen LogP contribution in [0.3, 0.4) is 0 Å². The van der Waals surface area contributed by atoms with Gasteiger partial charge in [-0.05, 0) is 23.7 Å². The lowest BCUT2D eigenvalue weighted by Gasteiger charge is -1.92. The maximum absolute atomic E-state index is 12.8. The zero-order valence-corrected chi connectivity index (χ0v) is 7.33. The van der Waals surface area contributed by atoms with Crippen molar-refractivity contribution in [2.45, 2.75) is 0 Å². The van der Waals surface area contributed by atoms with E-state index in [1.807, 2.05) is 0 Å². The number of aromatic nitrogens is 2. The maximum atomic E-state index is 12.8. The van der Waals surface area contributed by atoms with Crippen molar-refractivity contribution in [3.8, 4) is 11.5 Å². The Morgan fingerprint density at radius 1 is 1.40 bits per heavy atom. The highest BCUT2D eigenvalue weighted by molar-refractivity contribution is 5.52. The van der Waals surface area contributed by atoms with Gasteiger partial charge in [0.2, 0.25) is 5.89 Å². The number of benzene rings is 1. The normalized spacial score (nSPS) is 9.67. The fourth-order valence-corrected chi connectivity index (χ4v) is 1.03. The number of rotatable bonds is 2. The molecule has 0 aliphatic carbocycles. The molecule has 74 valence electrons. The van der Waals surface area contributed by atoms with Gasteiger partial charge in [-0.3, -0.25) is 0 Å². The fourth-order valence-electron chi connectivity index (χ4n) is 1.03. The highest BCUT2D eigenvalue weighted by atomic mass is 19.1. The molecule has 6 nitrogen and oxygen atoms in total. The van der Waals surface area contributed by atoms with Crippen LogP contribution in [0.5, 0.6) is 0 Å². The summed E-state index contributed by atoms with van der Waals surface area (Å²) < 4.78 is 17.8. The average Bonchev–Trinajstić information content (AvgIpc) is 2.67. The highest BCUT2D eigenvalue weighted by Crippen LogP contribution is 2.21. The van der Waals surface area contributed by atoms with Crippen molar-refractivity contribution >= 4 is 6.01 Å². The number of hydrogen-bond acceptors (Lipinski definition) is 4. The molecule has 0 bridgehead atoms. The van der Waals surface area contributed by atoms with E-state index in [9.17, 15) is 4.39 Å². The second-order valence-corrected chi connectivity index (χ2v) is 2.59. The zero-order chi connectivity index (χ0) is 10.7. The van der Waals surface area contributed by atoms with E-state index in [4.69, 9.17) is 9.95 Å². The monoisotopic (exact) mass is 205 g/mol. The first-order valence-electron chi connectivity index (χ1n) is 3.94. The van der Waals surface area contributed by atoms with Gasteiger partial charge in [-0.2, -0.15) is 0 Å². The van der Waals surface area contributed by atoms with Crippen molar-refractivity contribution < 1.29 is 8.81 Å². The van der Waals surface area contributed by atoms with E-state index in [2.05, 4.69) is 20.2 Å². The second kappa shape index (κ2) is 3.77. The summed E-state index contributed by atoms with van der Waals surface area (Å²) in [5.74, 6) is -0.298. The summed E-state index contributed by atoms with van der Waals surface area (Å²) in [6, 6.07) is 5.47. The number of nitrogens with zero attached hydrogens (tertiary/aromatic N) is 5. The molecule has 0 radical (unpaired) electrons. The molecule has 2 rings (SSSR count). The zero-order valence-electron chi connectivity index (χ0n) is 7.33. The summed E-state index contributed by atoms with van der Waals surface area (Å²) >= 11 is 0. The summed E-state index contributed by atoms with van der Waals surface area (Å²) in [6.07, 6.45) is 0. The van der Waals surface area contributed by atoms with Crippen molar-refractivity contribution in [1.29, 1.82) is 0 Å². The molecule has 0 saturated carbocycles. The highest BCUT2D eigenvalue weighted by Gasteiger charge is 2.07. The van der Waals surface area contributed by atoms with Crippen LogP contribution in [-0.2, 0) is 0 Å². The summed E-state index contributed by atoms with van der Waals surface area (Å²) in [5.41, 5.74) is 8.55. The molecule has 0 fully saturated rings. The van der Waals surface area contributed by atoms with E-state index >= 15 is 0 Å². The number of halogens is 1. The van der Waals surface area contributed by atoms with Crippen LogP contribution >= 0.6 is 0 Å². The topological polar surface area (TPSA) is 87.7 Å². The minimum Gasteiger partial charge on any atom is -0.415 e. The molecule has 0 spiro atoms. The van der Waals surface area contributed by atoms with Crippen LogP contribution in [0.4, 0.5) is 10.4 Å². The van der Waals surface area contributed by atoms with Crippen LogP contribution in [0.2, 0.25) is 0 Å². The van der Waals surface area contributed by atoms with Gasteiger partial charge in [-0.15, -0.1) is 10.2 Å². The Morgan fingerprint density at radius 3 is 3.00 bits per heavy atom. The van der Waals surface area contributed by atoms with E-state index < -0.39 is 5.82 Å². The van der Waals surface area contributed by atoms with Crippen LogP contribution in [0.25, 0.3) is 21.9 Å². The molecule has 0 N–H and O–H groups in total. The van der Waals surface area contributed by atoms with Crippen molar-refractivity contribution in [3.63, 3.8) is 0 Å². The van der Waals surface area contributed by atoms with Gasteiger partial charge in [0.15, 0.2) is 0 Å². The molecule has 7 heteroatoms. The van der Waals surface area contributed by atoms with Gasteiger partial charge in [-0.25, -0.2) is 4.39 Å². The van der Waals surface area contributed by atoms with Gasteiger partial charge < -0.3 is 4.42 Å². The van der Waals surface area contributed by atoms with E-state index in [-0.39, 0.29) is 11.9 Å². The predicted molar refractivity (Wildman–Crippen MR) is 48.5 cm³/mol. The van der Waals surface area contributed by atoms with Gasteiger partial charge in [0.1, 0.15) is 5.82 Å². The molecule has 0 atom stereocenters. The van der Waals surface area contributed by atoms with Crippen LogP contribution in [0.15, 0.2) is 33.8 Å². The maximum Gasteiger partial charge on any atom is 0.304 e. The van der Waals surface area contributed by atoms with Crippen molar-refractivity contribution in [2.75, 3.05) is 0 Å². The third-order valence-corrected chi connectivity index (χ3v) is 1.62. The van der Waals surface area contributed by atoms with Gasteiger partial charge in [0.25, 0.3) is 0 Å². The molecular weight excluding hydrogens is 201 g/mol. The summed E-state index contributed by atoms with van der Waals surface area (Å²) in [6.45, 7) is 0. The first kappa shape index (κ1) is 9.17. The average molecular weight is 205 g/mol. The Labute approximate surface area is 83.0 Å². The van der Waals surface area contributed by atoms with E-state index in [0.717, 1.165) is 0 Å². The molecule has 0 unspecified atom stereocenters. The van der Waals surface area contributed by atoms with Crippen molar-refractivity contribution in [3.05, 3.63) is 40.5 Å². The molecular formula is C8H4FN5O. The van der Waals surface area contributed by atoms with Crippen LogP contribution in [0.1, 0.15) is 0 Å². The SMILES string of the molecule is [N-]=[N+]=Nc1nnc(-c2cccc(F)c2)o1. The van der Waals surface area contributed by atoms with Crippen LogP contribution in [-0.4, -0.2) is 10.2 Å². The first-order chi connectivity index (χ1) is 7.29. The van der Waals surface area contributed by atoms with Gasteiger partial charge in [0.05, 0.1) is 0 Å². The molecule has 1 aromatic heterocycles. The van der Waals surface area contributed by atoms with Crippen molar-refractivity contribution in [1.82, 2.24) is 10.2 Å². The Balaban J connectivity index is 2.41. The molecule has 15 heavy (non-hydrogen) atoms. The summed E-state index contributed by atoms with van der Waals surface area (Å²) in [4.78, 5) is 2.49. The summed E-state index contributed by atoms with van der Waals surface area (Å²) in [5, 5.41) is 10.2. The van der Waals surface area contributed by atoms with E-state index in [0.29, 0.717) is 5.56 Å². The quantitative estimate of drug-likeness (QED) is 0.429. The van der Waals surface area contributed by atoms with E-state index in [1.165, 1.54) is 18.2 Å². The predicted octanol–water partition coefficient (Wildman–Crippen LogP) is 2.82. The Morgan fingerprint density at radius 2 is 2.27 bits per heavy atom. The Bertz CT molecular complexity index is 531. The Kier molecular flexibility index (Phi) is 2.30. The lowest BCUT2D eigenvalue weighted by Crippen LogP contribution is -1.79. The molecule has 0 amide bonds. The Hall–Kier alpha value is -2.40. The molecule has 0 saturated heterocycles. The largest absolute Gasteiger partial charge is 0.415 e. The second-order valence-electron chi connectivity index (χ2n) is 2.59. The molecule has 0 aliphatic heterocycles. The molecule has 1 aromatic carbocycles. The molecule has 0 aliphatic rings. The molecule has 1 heterocycles. The van der Waals surface area contributed by atoms with Gasteiger partial charge >= 0.3 is 6.01 Å². The molecule has 2 aromatic rings. The minimum absolute atomic E-state index is 0.108. The van der Waals surface area contributed by atoms with Gasteiger partial charge in [0, 0.05) is 15.6 Å². The van der Waals surface area contributed by atoms with Crippen LogP contribution in [0, 0.1) is 5.82 Å². The number of hydrogen-bond donors (Lipinski definition) is 0. The van der Waals surface area contributed by atoms with Gasteiger partial charge in [-0.1, -0.05) is 6.07 Å². The standard InChI is InChI=1S/C8H4FN5O/c9-6-3-1-2-5(4-6)7-11-12-8(15-7)13-14-10/h1-4H. The summed E-state index contributed by atoms with van der Waals surface area (Å²) in [7, 11) is 0. The lowest BCUT2D eigenvalue weighted by atomic mass is 10.2. The van der Waals surface area contributed by atoms with Crippen molar-refractivity contribution in [2.24, 2.45) is 5.11 Å². The first-order valence-corrected chi connectivity index (χ1v) is 3.94. The van der Waals surface area contributed by atoms with E-state index in [1.54, 1.807) is 6.07 Å². The third kappa shape index (κ3) is 1.92. The minimum atomic E-state index is -0.406. The van der Waals surface area contributed by atoms with Crippen LogP contribution < -0.4 is 0 Å². The lowest BCUT2D eigenvalue weighted by molar-refractivity contribution is 0.576. The fraction of sp³-hybridized carbons (Fsp3) is 0. The smallest absolute Gasteiger partial charge is 0.304 e.